The monoisotopic (exact) mass is 275 g/mol. The van der Waals surface area contributed by atoms with Gasteiger partial charge in [0, 0.05) is 12.3 Å². The second-order valence-electron chi connectivity index (χ2n) is 5.05. The van der Waals surface area contributed by atoms with Gasteiger partial charge < -0.3 is 19.7 Å². The Bertz CT molecular complexity index is 574. The van der Waals surface area contributed by atoms with Crippen molar-refractivity contribution in [2.75, 3.05) is 12.3 Å². The Morgan fingerprint density at radius 3 is 2.85 bits per heavy atom. The summed E-state index contributed by atoms with van der Waals surface area (Å²) in [7, 11) is 0. The number of benzene rings is 1. The molecule has 0 bridgehead atoms. The smallest absolute Gasteiger partial charge is 0.264 e. The van der Waals surface area contributed by atoms with Crippen molar-refractivity contribution in [1.82, 2.24) is 10.1 Å². The number of rotatable bonds is 4. The zero-order valence-electron chi connectivity index (χ0n) is 11.3. The Morgan fingerprint density at radius 1 is 1.35 bits per heavy atom. The van der Waals surface area contributed by atoms with Crippen molar-refractivity contribution >= 4 is 5.69 Å². The van der Waals surface area contributed by atoms with E-state index >= 15 is 0 Å². The second kappa shape index (κ2) is 5.13. The molecular formula is C14H17N3O3. The number of nitrogens with zero attached hydrogens (tertiary/aromatic N) is 2. The predicted molar refractivity (Wildman–Crippen MR) is 72.0 cm³/mol. The molecule has 6 nitrogen and oxygen atoms in total. The van der Waals surface area contributed by atoms with Crippen molar-refractivity contribution in [2.24, 2.45) is 0 Å². The first-order chi connectivity index (χ1) is 9.66. The van der Waals surface area contributed by atoms with Crippen LogP contribution in [0.5, 0.6) is 5.75 Å². The molecule has 1 saturated heterocycles. The number of anilines is 1. The van der Waals surface area contributed by atoms with Crippen molar-refractivity contribution in [3.8, 4) is 5.75 Å². The highest BCUT2D eigenvalue weighted by Gasteiger charge is 2.36. The molecule has 106 valence electrons. The van der Waals surface area contributed by atoms with Gasteiger partial charge in [0.2, 0.25) is 5.82 Å². The van der Waals surface area contributed by atoms with Crippen LogP contribution in [-0.4, -0.2) is 16.7 Å². The van der Waals surface area contributed by atoms with Gasteiger partial charge in [-0.25, -0.2) is 0 Å². The maximum Gasteiger partial charge on any atom is 0.264 e. The molecule has 1 fully saturated rings. The van der Waals surface area contributed by atoms with Gasteiger partial charge in [-0.05, 0) is 44.0 Å². The molecule has 20 heavy (non-hydrogen) atoms. The third kappa shape index (κ3) is 2.60. The number of aromatic nitrogens is 2. The summed E-state index contributed by atoms with van der Waals surface area (Å²) >= 11 is 0. The van der Waals surface area contributed by atoms with Crippen molar-refractivity contribution in [1.29, 1.82) is 0 Å². The minimum atomic E-state index is -0.428. The fourth-order valence-corrected chi connectivity index (χ4v) is 2.19. The lowest BCUT2D eigenvalue weighted by Crippen LogP contribution is -2.21. The van der Waals surface area contributed by atoms with Crippen LogP contribution < -0.4 is 10.5 Å². The summed E-state index contributed by atoms with van der Waals surface area (Å²) < 4.78 is 16.4. The zero-order valence-corrected chi connectivity index (χ0v) is 11.3. The lowest BCUT2D eigenvalue weighted by atomic mass is 10.0. The van der Waals surface area contributed by atoms with Crippen LogP contribution in [0, 0.1) is 0 Å². The molecule has 0 aliphatic carbocycles. The van der Waals surface area contributed by atoms with E-state index in [4.69, 9.17) is 19.7 Å². The SMILES string of the molecule is CC1(c2noc(COc3ccc(N)cc3)n2)CCCO1. The molecule has 1 aliphatic heterocycles. The van der Waals surface area contributed by atoms with Crippen LogP contribution in [0.3, 0.4) is 0 Å². The van der Waals surface area contributed by atoms with E-state index in [1.54, 1.807) is 24.3 Å². The topological polar surface area (TPSA) is 83.4 Å². The fourth-order valence-electron chi connectivity index (χ4n) is 2.19. The maximum absolute atomic E-state index is 5.68. The average molecular weight is 275 g/mol. The Morgan fingerprint density at radius 2 is 2.15 bits per heavy atom. The summed E-state index contributed by atoms with van der Waals surface area (Å²) in [6.45, 7) is 2.95. The van der Waals surface area contributed by atoms with Crippen molar-refractivity contribution < 1.29 is 14.0 Å². The first-order valence-corrected chi connectivity index (χ1v) is 6.61. The van der Waals surface area contributed by atoms with Crippen LogP contribution in [0.25, 0.3) is 0 Å². The number of nitrogen functional groups attached to an aromatic ring is 1. The molecule has 0 amide bonds. The molecule has 1 unspecified atom stereocenters. The molecule has 3 rings (SSSR count). The van der Waals surface area contributed by atoms with E-state index in [-0.39, 0.29) is 6.61 Å². The van der Waals surface area contributed by atoms with Gasteiger partial charge in [-0.1, -0.05) is 5.16 Å². The number of ether oxygens (including phenoxy) is 2. The van der Waals surface area contributed by atoms with E-state index in [1.807, 2.05) is 6.92 Å². The van der Waals surface area contributed by atoms with Gasteiger partial charge in [-0.3, -0.25) is 0 Å². The highest BCUT2D eigenvalue weighted by molar-refractivity contribution is 5.41. The first-order valence-electron chi connectivity index (χ1n) is 6.61. The summed E-state index contributed by atoms with van der Waals surface area (Å²) in [6, 6.07) is 7.16. The van der Waals surface area contributed by atoms with Crippen LogP contribution in [0.4, 0.5) is 5.69 Å². The van der Waals surface area contributed by atoms with Gasteiger partial charge >= 0.3 is 0 Å². The lowest BCUT2D eigenvalue weighted by Gasteiger charge is -2.17. The maximum atomic E-state index is 5.68. The van der Waals surface area contributed by atoms with E-state index in [9.17, 15) is 0 Å². The molecule has 6 heteroatoms. The Balaban J connectivity index is 1.64. The van der Waals surface area contributed by atoms with Crippen LogP contribution in [0.15, 0.2) is 28.8 Å². The van der Waals surface area contributed by atoms with Crippen LogP contribution in [0.1, 0.15) is 31.5 Å². The largest absolute Gasteiger partial charge is 0.484 e. The average Bonchev–Trinajstić information content (AvgIpc) is 3.08. The van der Waals surface area contributed by atoms with E-state index in [0.29, 0.717) is 23.2 Å². The highest BCUT2D eigenvalue weighted by atomic mass is 16.5. The minimum Gasteiger partial charge on any atom is -0.484 e. The zero-order chi connectivity index (χ0) is 14.0. The minimum absolute atomic E-state index is 0.229. The van der Waals surface area contributed by atoms with Gasteiger partial charge in [0.1, 0.15) is 11.4 Å². The molecule has 0 saturated carbocycles. The first kappa shape index (κ1) is 12.9. The second-order valence-corrected chi connectivity index (χ2v) is 5.05. The lowest BCUT2D eigenvalue weighted by molar-refractivity contribution is 0.00768. The Hall–Kier alpha value is -2.08. The van der Waals surface area contributed by atoms with Crippen molar-refractivity contribution in [3.05, 3.63) is 36.0 Å². The molecule has 1 aromatic heterocycles. The normalized spacial score (nSPS) is 22.1. The molecule has 1 atom stereocenters. The number of hydrogen-bond donors (Lipinski definition) is 1. The van der Waals surface area contributed by atoms with Crippen molar-refractivity contribution in [3.63, 3.8) is 0 Å². The Kier molecular flexibility index (Phi) is 3.31. The molecule has 1 aliphatic rings. The van der Waals surface area contributed by atoms with E-state index in [0.717, 1.165) is 19.4 Å². The molecule has 2 aromatic rings. The molecule has 0 spiro atoms. The summed E-state index contributed by atoms with van der Waals surface area (Å²) in [6.07, 6.45) is 1.92. The molecule has 2 N–H and O–H groups in total. The van der Waals surface area contributed by atoms with Gasteiger partial charge in [-0.15, -0.1) is 0 Å². The highest BCUT2D eigenvalue weighted by Crippen LogP contribution is 2.33. The summed E-state index contributed by atoms with van der Waals surface area (Å²) in [5.74, 6) is 1.74. The van der Waals surface area contributed by atoms with Crippen LogP contribution in [-0.2, 0) is 16.9 Å². The van der Waals surface area contributed by atoms with Crippen molar-refractivity contribution in [2.45, 2.75) is 32.0 Å². The summed E-state index contributed by atoms with van der Waals surface area (Å²) in [4.78, 5) is 4.34. The van der Waals surface area contributed by atoms with E-state index < -0.39 is 5.60 Å². The quantitative estimate of drug-likeness (QED) is 0.862. The van der Waals surface area contributed by atoms with Gasteiger partial charge in [0.15, 0.2) is 6.61 Å². The summed E-state index contributed by atoms with van der Waals surface area (Å²) in [5.41, 5.74) is 5.88. The predicted octanol–water partition coefficient (Wildman–Crippen LogP) is 2.26. The fraction of sp³-hybridized carbons (Fsp3) is 0.429. The van der Waals surface area contributed by atoms with Crippen LogP contribution in [0.2, 0.25) is 0 Å². The molecule has 1 aromatic carbocycles. The van der Waals surface area contributed by atoms with E-state index in [2.05, 4.69) is 10.1 Å². The van der Waals surface area contributed by atoms with Gasteiger partial charge in [0.25, 0.3) is 5.89 Å². The van der Waals surface area contributed by atoms with E-state index in [1.165, 1.54) is 0 Å². The molecule has 2 heterocycles. The number of hydrogen-bond acceptors (Lipinski definition) is 6. The molecular weight excluding hydrogens is 258 g/mol. The van der Waals surface area contributed by atoms with Crippen LogP contribution >= 0.6 is 0 Å². The van der Waals surface area contributed by atoms with Gasteiger partial charge in [-0.2, -0.15) is 4.98 Å². The third-order valence-corrected chi connectivity index (χ3v) is 3.40. The number of nitrogens with two attached hydrogens (primary N) is 1. The standard InChI is InChI=1S/C14H17N3O3/c1-14(7-2-8-19-14)13-16-12(20-17-13)9-18-11-5-3-10(15)4-6-11/h3-6H,2,7-9,15H2,1H3. The summed E-state index contributed by atoms with van der Waals surface area (Å²) in [5, 5.41) is 3.99. The third-order valence-electron chi connectivity index (χ3n) is 3.40. The molecule has 0 radical (unpaired) electrons. The Labute approximate surface area is 116 Å². The van der Waals surface area contributed by atoms with Gasteiger partial charge in [0.05, 0.1) is 0 Å².